The van der Waals surface area contributed by atoms with Crippen molar-refractivity contribution >= 4 is 55.1 Å². The molecule has 518 valence electrons. The van der Waals surface area contributed by atoms with E-state index in [9.17, 15) is 9.59 Å². The molecule has 0 amide bonds. The third-order valence-electron chi connectivity index (χ3n) is 26.8. The Morgan fingerprint density at radius 2 is 0.895 bits per heavy atom. The first kappa shape index (κ1) is 72.5. The molecule has 0 N–H and O–H groups in total. The summed E-state index contributed by atoms with van der Waals surface area (Å²) in [4.78, 5) is 28.1. The molecular formula is C86H118Br2O6S. The zero-order chi connectivity index (χ0) is 67.1. The summed E-state index contributed by atoms with van der Waals surface area (Å²) in [5, 5.41) is 0. The topological polar surface area (TPSA) is 71.1 Å². The van der Waals surface area contributed by atoms with Gasteiger partial charge in [0.05, 0.1) is 31.9 Å². The molecule has 0 aliphatic heterocycles. The largest absolute Gasteiger partial charge is 0.494 e. The predicted octanol–water partition coefficient (Wildman–Crippen LogP) is 23.9. The average Bonchev–Trinajstić information content (AvgIpc) is 1.66. The summed E-state index contributed by atoms with van der Waals surface area (Å²) in [7, 11) is 0. The van der Waals surface area contributed by atoms with Crippen molar-refractivity contribution in [1.82, 2.24) is 0 Å². The van der Waals surface area contributed by atoms with Crippen molar-refractivity contribution in [3.05, 3.63) is 102 Å². The smallest absolute Gasteiger partial charge is 0.306 e. The third kappa shape index (κ3) is 16.8. The minimum absolute atomic E-state index is 0.0224. The highest BCUT2D eigenvalue weighted by atomic mass is 79.9. The van der Waals surface area contributed by atoms with Crippen LogP contribution in [-0.2, 0) is 19.1 Å². The quantitative estimate of drug-likeness (QED) is 0.0345. The number of hydrogen-bond donors (Lipinski definition) is 0. The molecule has 1 heterocycles. The second kappa shape index (κ2) is 32.3. The number of esters is 2. The van der Waals surface area contributed by atoms with Gasteiger partial charge in [-0.3, -0.25) is 9.59 Å². The maximum atomic E-state index is 13.1. The molecule has 9 heteroatoms. The van der Waals surface area contributed by atoms with E-state index in [1.807, 2.05) is 48.5 Å². The van der Waals surface area contributed by atoms with Gasteiger partial charge in [0.15, 0.2) is 0 Å². The number of rotatable bonds is 26. The number of benzene rings is 2. The third-order valence-corrected chi connectivity index (χ3v) is 30.5. The number of ether oxygens (including phenoxy) is 4. The molecule has 0 bridgehead atoms. The summed E-state index contributed by atoms with van der Waals surface area (Å²) < 4.78 is 26.4. The van der Waals surface area contributed by atoms with Crippen molar-refractivity contribution in [3.63, 3.8) is 0 Å². The van der Waals surface area contributed by atoms with Crippen LogP contribution in [0.15, 0.2) is 80.8 Å². The minimum Gasteiger partial charge on any atom is -0.494 e. The van der Waals surface area contributed by atoms with Crippen LogP contribution in [0.5, 0.6) is 11.5 Å². The van der Waals surface area contributed by atoms with E-state index < -0.39 is 0 Å². The van der Waals surface area contributed by atoms with E-state index >= 15 is 0 Å². The van der Waals surface area contributed by atoms with Crippen LogP contribution >= 0.6 is 43.2 Å². The van der Waals surface area contributed by atoms with Gasteiger partial charge in [0.25, 0.3) is 0 Å². The fourth-order valence-corrected chi connectivity index (χ4v) is 23.7. The summed E-state index contributed by atoms with van der Waals surface area (Å²) >= 11 is 9.05. The second-order valence-electron chi connectivity index (χ2n) is 33.5. The Labute approximate surface area is 596 Å². The van der Waals surface area contributed by atoms with Crippen LogP contribution < -0.4 is 9.47 Å². The van der Waals surface area contributed by atoms with Gasteiger partial charge in [-0.05, 0) is 313 Å². The van der Waals surface area contributed by atoms with Gasteiger partial charge in [0.2, 0.25) is 0 Å². The SMILES string of the molecule is CC(C)CCC[C@@H](C)[C@H]1CC[C@H]2[C@@H]3CC=C4C[C@@H](OC(=O)CCCCCOc5ccc(C#Cc6sc(C#Cc7ccc(OCCCCCC(=O)O[C@H]8CC[C@@]9(C)C(=CC[C@H]%10[C@@H]%11CC[C@H]([C@H](C)CCCC(C)C)[C@@]%11(C)CC[C@@H]%109)C8)cc7)c(Br)c6Br)cc5)CC[C@]4(C)[C@H]3CC[C@]12C. The number of hydrogen-bond acceptors (Lipinski definition) is 7. The number of thiophene rings is 1. The number of unbranched alkanes of at least 4 members (excludes halogenated alkanes) is 4. The summed E-state index contributed by atoms with van der Waals surface area (Å²) in [6.45, 7) is 26.4. The number of halogens is 2. The molecule has 0 radical (unpaired) electrons. The molecule has 8 aliphatic carbocycles. The van der Waals surface area contributed by atoms with E-state index in [0.29, 0.717) is 36.9 Å². The van der Waals surface area contributed by atoms with Gasteiger partial charge in [0.1, 0.15) is 23.7 Å². The molecule has 6 nitrogen and oxygen atoms in total. The van der Waals surface area contributed by atoms with Crippen molar-refractivity contribution in [3.8, 4) is 35.2 Å². The van der Waals surface area contributed by atoms with Crippen LogP contribution in [0.1, 0.15) is 283 Å². The van der Waals surface area contributed by atoms with E-state index in [2.05, 4.69) is 137 Å². The molecule has 2 aromatic carbocycles. The van der Waals surface area contributed by atoms with E-state index in [-0.39, 0.29) is 35.0 Å². The summed E-state index contributed by atoms with van der Waals surface area (Å²) in [5.41, 5.74) is 6.55. The molecule has 3 aromatic rings. The molecule has 6 saturated carbocycles. The van der Waals surface area contributed by atoms with Crippen LogP contribution in [0.2, 0.25) is 0 Å². The molecule has 8 aliphatic rings. The highest BCUT2D eigenvalue weighted by Gasteiger charge is 2.61. The van der Waals surface area contributed by atoms with Crippen LogP contribution in [-0.4, -0.2) is 37.4 Å². The molecule has 0 unspecified atom stereocenters. The van der Waals surface area contributed by atoms with Gasteiger partial charge in [-0.25, -0.2) is 0 Å². The van der Waals surface area contributed by atoms with Gasteiger partial charge < -0.3 is 18.9 Å². The lowest BCUT2D eigenvalue weighted by atomic mass is 9.47. The highest BCUT2D eigenvalue weighted by Crippen LogP contribution is 2.69. The Kier molecular flexibility index (Phi) is 24.6. The molecule has 0 spiro atoms. The van der Waals surface area contributed by atoms with Crippen LogP contribution in [0.25, 0.3) is 0 Å². The van der Waals surface area contributed by atoms with Crippen LogP contribution in [0, 0.1) is 116 Å². The Hall–Kier alpha value is -3.76. The molecular weight excluding hydrogens is 1320 g/mol. The number of allylic oxidation sites excluding steroid dienone is 2. The van der Waals surface area contributed by atoms with Crippen LogP contribution in [0.3, 0.4) is 0 Å². The lowest BCUT2D eigenvalue weighted by Gasteiger charge is -2.58. The van der Waals surface area contributed by atoms with E-state index in [1.54, 1.807) is 22.5 Å². The van der Waals surface area contributed by atoms with Crippen LogP contribution in [0.4, 0.5) is 0 Å². The molecule has 11 rings (SSSR count). The van der Waals surface area contributed by atoms with Gasteiger partial charge in [-0.15, -0.1) is 11.3 Å². The summed E-state index contributed by atoms with van der Waals surface area (Å²) in [6.07, 6.45) is 39.7. The van der Waals surface area contributed by atoms with Crippen molar-refractivity contribution < 1.29 is 28.5 Å². The highest BCUT2D eigenvalue weighted by molar-refractivity contribution is 9.13. The van der Waals surface area contributed by atoms with Crippen molar-refractivity contribution in [2.75, 3.05) is 13.2 Å². The second-order valence-corrected chi connectivity index (χ2v) is 36.2. The number of carbonyl (C=O) groups is 2. The Morgan fingerprint density at radius 1 is 0.484 bits per heavy atom. The summed E-state index contributed by atoms with van der Waals surface area (Å²) in [6, 6.07) is 15.9. The molecule has 0 saturated heterocycles. The van der Waals surface area contributed by atoms with Gasteiger partial charge >= 0.3 is 11.9 Å². The van der Waals surface area contributed by atoms with E-state index in [1.165, 1.54) is 103 Å². The lowest BCUT2D eigenvalue weighted by Crippen LogP contribution is -2.51. The molecule has 6 fully saturated rings. The zero-order valence-electron chi connectivity index (χ0n) is 60.1. The maximum Gasteiger partial charge on any atom is 0.306 e. The minimum atomic E-state index is -0.0379. The number of carbonyl (C=O) groups excluding carboxylic acids is 2. The number of fused-ring (bicyclic) bond motifs is 10. The first-order chi connectivity index (χ1) is 45.6. The Morgan fingerprint density at radius 3 is 1.29 bits per heavy atom. The van der Waals surface area contributed by atoms with Gasteiger partial charge in [-0.2, -0.15) is 0 Å². The normalized spacial score (nSPS) is 31.9. The molecule has 16 atom stereocenters. The Balaban J connectivity index is 0.538. The van der Waals surface area contributed by atoms with E-state index in [4.69, 9.17) is 18.9 Å². The lowest BCUT2D eigenvalue weighted by molar-refractivity contribution is -0.152. The van der Waals surface area contributed by atoms with Crippen molar-refractivity contribution in [2.45, 2.75) is 274 Å². The molecule has 1 aromatic heterocycles. The fourth-order valence-electron chi connectivity index (χ4n) is 21.5. The van der Waals surface area contributed by atoms with Gasteiger partial charge in [-0.1, -0.05) is 143 Å². The van der Waals surface area contributed by atoms with Crippen molar-refractivity contribution in [2.24, 2.45) is 92.7 Å². The maximum absolute atomic E-state index is 13.1. The standard InChI is InChI=1S/C86H118Br2O6S/c1-57(2)19-17-21-59(5)71-39-41-73-69-37-31-63-55-67(45-49-83(63,7)75(69)47-51-85(71,73)9)93-79(89)23-13-11-15-53-91-65-33-25-61(26-34-65)29-43-77-81(87)82(88)78(95-77)44-30-62-27-35-66(36-28-62)92-54-16-12-14-24-80(90)94-68-46-50-84(8)64(56-68)32-38-70-74-42-40-72(60(6)22-18-20-58(3)4)86(74,10)52-48-76(70)84/h25-28,31-36,57-60,67-76H,11-24,37-42,45-56H2,1-10H3/t59-,60-,67+,68+,69+,70+,71-,72-,73+,74+,75+,76+,83+,84+,85-,86-/m1/s1. The average molecular weight is 1440 g/mol. The Bertz CT molecular complexity index is 3060. The first-order valence-corrected chi connectivity index (χ1v) is 40.8. The fraction of sp³-hybridized carbons (Fsp3) is 0.698. The summed E-state index contributed by atoms with van der Waals surface area (Å²) in [5.74, 6) is 24.9. The first-order valence-electron chi connectivity index (χ1n) is 38.4. The van der Waals surface area contributed by atoms with E-state index in [0.717, 1.165) is 189 Å². The van der Waals surface area contributed by atoms with Gasteiger partial charge in [0, 0.05) is 36.8 Å². The molecule has 95 heavy (non-hydrogen) atoms. The zero-order valence-corrected chi connectivity index (χ0v) is 64.1. The monoisotopic (exact) mass is 1440 g/mol. The van der Waals surface area contributed by atoms with Crippen molar-refractivity contribution in [1.29, 1.82) is 0 Å². The predicted molar refractivity (Wildman–Crippen MR) is 398 cm³/mol.